The molecule has 0 aromatic heterocycles. The van der Waals surface area contributed by atoms with Crippen LogP contribution in [0.15, 0.2) is 18.2 Å². The predicted molar refractivity (Wildman–Crippen MR) is 56.3 cm³/mol. The minimum Gasteiger partial charge on any atom is -0.348 e. The van der Waals surface area contributed by atoms with E-state index >= 15 is 0 Å². The molecule has 0 heterocycles. The van der Waals surface area contributed by atoms with Gasteiger partial charge >= 0.3 is 0 Å². The van der Waals surface area contributed by atoms with Crippen LogP contribution in [-0.2, 0) is 11.2 Å². The number of hydrogen-bond donors (Lipinski definition) is 1. The van der Waals surface area contributed by atoms with Gasteiger partial charge < -0.3 is 5.32 Å². The number of benzene rings is 1. The monoisotopic (exact) mass is 227 g/mol. The standard InChI is InChI=1S/C11H11ClFNO/c12-6-11(15)14-10-5-4-7-8(10)2-1-3-9(7)13/h1-3,10H,4-6H2,(H,14,15)/t10-/m0/s1. The number of rotatable bonds is 2. The van der Waals surface area contributed by atoms with E-state index in [1.807, 2.05) is 6.07 Å². The molecular weight excluding hydrogens is 217 g/mol. The smallest absolute Gasteiger partial charge is 0.235 e. The number of fused-ring (bicyclic) bond motifs is 1. The van der Waals surface area contributed by atoms with E-state index in [1.165, 1.54) is 6.07 Å². The van der Waals surface area contributed by atoms with Gasteiger partial charge in [0.05, 0.1) is 6.04 Å². The molecule has 1 aromatic rings. The first-order chi connectivity index (χ1) is 7.22. The van der Waals surface area contributed by atoms with E-state index in [-0.39, 0.29) is 23.6 Å². The second kappa shape index (κ2) is 4.19. The van der Waals surface area contributed by atoms with Gasteiger partial charge in [-0.1, -0.05) is 12.1 Å². The molecule has 1 aromatic carbocycles. The van der Waals surface area contributed by atoms with Gasteiger partial charge in [0.2, 0.25) is 5.91 Å². The van der Waals surface area contributed by atoms with Crippen molar-refractivity contribution in [3.8, 4) is 0 Å². The first-order valence-electron chi connectivity index (χ1n) is 4.85. The highest BCUT2D eigenvalue weighted by molar-refractivity contribution is 6.27. The van der Waals surface area contributed by atoms with Crippen LogP contribution < -0.4 is 5.32 Å². The highest BCUT2D eigenvalue weighted by atomic mass is 35.5. The molecule has 4 heteroatoms. The molecule has 2 nitrogen and oxygen atoms in total. The van der Waals surface area contributed by atoms with Crippen molar-refractivity contribution in [1.82, 2.24) is 5.32 Å². The van der Waals surface area contributed by atoms with Crippen molar-refractivity contribution in [3.63, 3.8) is 0 Å². The Morgan fingerprint density at radius 3 is 3.13 bits per heavy atom. The van der Waals surface area contributed by atoms with Crippen molar-refractivity contribution in [2.75, 3.05) is 5.88 Å². The van der Waals surface area contributed by atoms with Crippen molar-refractivity contribution >= 4 is 17.5 Å². The molecule has 1 atom stereocenters. The largest absolute Gasteiger partial charge is 0.348 e. The Labute approximate surface area is 92.4 Å². The Balaban J connectivity index is 2.21. The zero-order valence-electron chi connectivity index (χ0n) is 8.09. The molecule has 0 saturated heterocycles. The topological polar surface area (TPSA) is 29.1 Å². The van der Waals surface area contributed by atoms with Crippen LogP contribution in [0.3, 0.4) is 0 Å². The molecule has 1 amide bonds. The van der Waals surface area contributed by atoms with E-state index in [0.717, 1.165) is 17.5 Å². The maximum absolute atomic E-state index is 13.3. The molecule has 0 aliphatic heterocycles. The van der Waals surface area contributed by atoms with Gasteiger partial charge in [-0.25, -0.2) is 4.39 Å². The summed E-state index contributed by atoms with van der Waals surface area (Å²) in [5.74, 6) is -0.449. The zero-order valence-corrected chi connectivity index (χ0v) is 8.85. The number of halogens is 2. The van der Waals surface area contributed by atoms with Crippen LogP contribution in [0.4, 0.5) is 4.39 Å². The number of hydrogen-bond acceptors (Lipinski definition) is 1. The lowest BCUT2D eigenvalue weighted by atomic mass is 10.1. The number of carbonyl (C=O) groups excluding carboxylic acids is 1. The van der Waals surface area contributed by atoms with Crippen LogP contribution >= 0.6 is 11.6 Å². The molecule has 0 spiro atoms. The van der Waals surface area contributed by atoms with E-state index in [0.29, 0.717) is 6.42 Å². The molecule has 1 aliphatic rings. The summed E-state index contributed by atoms with van der Waals surface area (Å²) in [7, 11) is 0. The molecule has 0 saturated carbocycles. The highest BCUT2D eigenvalue weighted by Gasteiger charge is 2.25. The third kappa shape index (κ3) is 1.97. The summed E-state index contributed by atoms with van der Waals surface area (Å²) in [4.78, 5) is 11.1. The van der Waals surface area contributed by atoms with Gasteiger partial charge in [0.15, 0.2) is 0 Å². The predicted octanol–water partition coefficient (Wildman–Crippen LogP) is 2.17. The lowest BCUT2D eigenvalue weighted by Gasteiger charge is -2.12. The van der Waals surface area contributed by atoms with Gasteiger partial charge in [0.1, 0.15) is 11.7 Å². The van der Waals surface area contributed by atoms with Crippen molar-refractivity contribution in [3.05, 3.63) is 35.1 Å². The molecule has 80 valence electrons. The van der Waals surface area contributed by atoms with Crippen molar-refractivity contribution in [2.45, 2.75) is 18.9 Å². The average Bonchev–Trinajstić information content (AvgIpc) is 2.63. The van der Waals surface area contributed by atoms with Crippen molar-refractivity contribution in [2.24, 2.45) is 0 Å². The second-order valence-electron chi connectivity index (χ2n) is 3.60. The van der Waals surface area contributed by atoms with Gasteiger partial charge in [0.25, 0.3) is 0 Å². The van der Waals surface area contributed by atoms with Gasteiger partial charge in [-0.2, -0.15) is 0 Å². The Kier molecular flexibility index (Phi) is 2.91. The van der Waals surface area contributed by atoms with Crippen LogP contribution in [-0.4, -0.2) is 11.8 Å². The summed E-state index contributed by atoms with van der Waals surface area (Å²) in [6.07, 6.45) is 1.42. The lowest BCUT2D eigenvalue weighted by Crippen LogP contribution is -2.27. The molecule has 1 N–H and O–H groups in total. The van der Waals surface area contributed by atoms with E-state index in [9.17, 15) is 9.18 Å². The number of amides is 1. The third-order valence-electron chi connectivity index (χ3n) is 2.67. The van der Waals surface area contributed by atoms with Gasteiger partial charge in [-0.05, 0) is 30.0 Å². The van der Waals surface area contributed by atoms with Gasteiger partial charge in [-0.3, -0.25) is 4.79 Å². The van der Waals surface area contributed by atoms with E-state index in [2.05, 4.69) is 5.32 Å². The Morgan fingerprint density at radius 1 is 1.60 bits per heavy atom. The van der Waals surface area contributed by atoms with Gasteiger partial charge in [-0.15, -0.1) is 11.6 Å². The summed E-state index contributed by atoms with van der Waals surface area (Å²) < 4.78 is 13.3. The van der Waals surface area contributed by atoms with E-state index < -0.39 is 0 Å². The van der Waals surface area contributed by atoms with Crippen LogP contribution in [0.1, 0.15) is 23.6 Å². The number of alkyl halides is 1. The van der Waals surface area contributed by atoms with Crippen LogP contribution in [0.25, 0.3) is 0 Å². The highest BCUT2D eigenvalue weighted by Crippen LogP contribution is 2.32. The lowest BCUT2D eigenvalue weighted by molar-refractivity contribution is -0.119. The summed E-state index contributed by atoms with van der Waals surface area (Å²) in [6, 6.07) is 4.89. The molecule has 0 unspecified atom stereocenters. The molecule has 2 rings (SSSR count). The van der Waals surface area contributed by atoms with E-state index in [4.69, 9.17) is 11.6 Å². The fourth-order valence-electron chi connectivity index (χ4n) is 1.99. The average molecular weight is 228 g/mol. The minimum absolute atomic E-state index is 0.0544. The fraction of sp³-hybridized carbons (Fsp3) is 0.364. The first-order valence-corrected chi connectivity index (χ1v) is 5.38. The summed E-state index contributed by atoms with van der Waals surface area (Å²) in [6.45, 7) is 0. The number of carbonyl (C=O) groups is 1. The SMILES string of the molecule is O=C(CCl)N[C@H]1CCc2c(F)cccc21. The second-order valence-corrected chi connectivity index (χ2v) is 3.87. The van der Waals surface area contributed by atoms with Crippen LogP contribution in [0.2, 0.25) is 0 Å². The van der Waals surface area contributed by atoms with Crippen molar-refractivity contribution < 1.29 is 9.18 Å². The molecule has 0 radical (unpaired) electrons. The Bertz CT molecular complexity index is 394. The van der Waals surface area contributed by atoms with Gasteiger partial charge in [0, 0.05) is 0 Å². The molecular formula is C11H11ClFNO. The Hall–Kier alpha value is -1.09. The third-order valence-corrected chi connectivity index (χ3v) is 2.91. The van der Waals surface area contributed by atoms with Crippen LogP contribution in [0, 0.1) is 5.82 Å². The van der Waals surface area contributed by atoms with E-state index in [1.54, 1.807) is 6.07 Å². The summed E-state index contributed by atoms with van der Waals surface area (Å²) >= 11 is 5.40. The molecule has 0 fully saturated rings. The molecule has 0 bridgehead atoms. The quantitative estimate of drug-likeness (QED) is 0.771. The minimum atomic E-state index is -0.209. The summed E-state index contributed by atoms with van der Waals surface area (Å²) in [5.41, 5.74) is 1.60. The van der Waals surface area contributed by atoms with Crippen LogP contribution in [0.5, 0.6) is 0 Å². The van der Waals surface area contributed by atoms with Crippen molar-refractivity contribution in [1.29, 1.82) is 0 Å². The zero-order chi connectivity index (χ0) is 10.8. The summed E-state index contributed by atoms with van der Waals surface area (Å²) in [5, 5.41) is 2.77. The first kappa shape index (κ1) is 10.4. The maximum atomic E-state index is 13.3. The maximum Gasteiger partial charge on any atom is 0.235 e. The number of nitrogens with one attached hydrogen (secondary N) is 1. The fourth-order valence-corrected chi connectivity index (χ4v) is 2.07. The Morgan fingerprint density at radius 2 is 2.40 bits per heavy atom. The molecule has 1 aliphatic carbocycles. The normalized spacial score (nSPS) is 18.7. The molecule has 15 heavy (non-hydrogen) atoms.